The number of carboxylic acid groups (broad SMARTS) is 1. The minimum absolute atomic E-state index is 0.296. The molecule has 0 saturated heterocycles. The first-order valence-corrected chi connectivity index (χ1v) is 6.52. The summed E-state index contributed by atoms with van der Waals surface area (Å²) in [5.41, 5.74) is 2.90. The standard InChI is InChI=1S/C18H16O3/c1-21-16(13-18(19)20)12-17(14-8-4-2-5-9-14)15-10-6-3-7-11-15/h2-13H,1H3,(H,19,20)/b16-13+. The SMILES string of the molecule is CO/C(C=C(c1ccccc1)c1ccccc1)=C/C(=O)O. The van der Waals surface area contributed by atoms with Gasteiger partial charge in [-0.3, -0.25) is 0 Å². The number of aliphatic carboxylic acids is 1. The maximum absolute atomic E-state index is 10.8. The number of hydrogen-bond donors (Lipinski definition) is 1. The molecule has 0 fully saturated rings. The molecule has 1 N–H and O–H groups in total. The van der Waals surface area contributed by atoms with Gasteiger partial charge in [0.2, 0.25) is 0 Å². The molecule has 0 unspecified atom stereocenters. The second-order valence-electron chi connectivity index (χ2n) is 4.38. The van der Waals surface area contributed by atoms with E-state index in [4.69, 9.17) is 9.84 Å². The first-order chi connectivity index (χ1) is 10.2. The van der Waals surface area contributed by atoms with Crippen molar-refractivity contribution in [2.45, 2.75) is 0 Å². The zero-order valence-corrected chi connectivity index (χ0v) is 11.7. The van der Waals surface area contributed by atoms with Gasteiger partial charge in [-0.1, -0.05) is 60.7 Å². The van der Waals surface area contributed by atoms with Crippen LogP contribution in [0.1, 0.15) is 11.1 Å². The van der Waals surface area contributed by atoms with Crippen LogP contribution in [-0.2, 0) is 9.53 Å². The van der Waals surface area contributed by atoms with E-state index < -0.39 is 5.97 Å². The van der Waals surface area contributed by atoms with Crippen LogP contribution in [0.25, 0.3) is 5.57 Å². The third kappa shape index (κ3) is 4.08. The number of benzene rings is 2. The molecule has 3 heteroatoms. The third-order valence-electron chi connectivity index (χ3n) is 2.96. The van der Waals surface area contributed by atoms with Gasteiger partial charge in [0.1, 0.15) is 5.76 Å². The highest BCUT2D eigenvalue weighted by molar-refractivity contribution is 5.84. The molecule has 0 radical (unpaired) electrons. The Morgan fingerprint density at radius 1 is 0.905 bits per heavy atom. The minimum Gasteiger partial charge on any atom is -0.496 e. The topological polar surface area (TPSA) is 46.5 Å². The first-order valence-electron chi connectivity index (χ1n) is 6.52. The highest BCUT2D eigenvalue weighted by Gasteiger charge is 2.06. The molecular formula is C18H16O3. The fraction of sp³-hybridized carbons (Fsp3) is 0.0556. The minimum atomic E-state index is -1.04. The summed E-state index contributed by atoms with van der Waals surface area (Å²) in [5.74, 6) is -0.742. The van der Waals surface area contributed by atoms with Gasteiger partial charge in [0.25, 0.3) is 0 Å². The molecule has 0 aliphatic heterocycles. The van der Waals surface area contributed by atoms with Crippen molar-refractivity contribution in [1.29, 1.82) is 0 Å². The van der Waals surface area contributed by atoms with Gasteiger partial charge >= 0.3 is 5.97 Å². The summed E-state index contributed by atoms with van der Waals surface area (Å²) in [4.78, 5) is 10.8. The van der Waals surface area contributed by atoms with Gasteiger partial charge in [0.05, 0.1) is 13.2 Å². The number of allylic oxidation sites excluding steroid dienone is 1. The highest BCUT2D eigenvalue weighted by Crippen LogP contribution is 2.24. The van der Waals surface area contributed by atoms with Crippen LogP contribution in [0.4, 0.5) is 0 Å². The van der Waals surface area contributed by atoms with Crippen molar-refractivity contribution in [1.82, 2.24) is 0 Å². The maximum Gasteiger partial charge on any atom is 0.332 e. The molecule has 0 aliphatic carbocycles. The van der Waals surface area contributed by atoms with Crippen molar-refractivity contribution >= 4 is 11.5 Å². The molecule has 0 atom stereocenters. The van der Waals surface area contributed by atoms with Crippen molar-refractivity contribution in [2.24, 2.45) is 0 Å². The lowest BCUT2D eigenvalue weighted by molar-refractivity contribution is -0.131. The van der Waals surface area contributed by atoms with E-state index in [0.717, 1.165) is 22.8 Å². The average Bonchev–Trinajstić information content (AvgIpc) is 2.52. The molecule has 0 heterocycles. The fourth-order valence-corrected chi connectivity index (χ4v) is 1.99. The zero-order valence-electron chi connectivity index (χ0n) is 11.7. The number of carboxylic acids is 1. The average molecular weight is 280 g/mol. The van der Waals surface area contributed by atoms with Crippen LogP contribution in [-0.4, -0.2) is 18.2 Å². The lowest BCUT2D eigenvalue weighted by atomic mass is 9.97. The normalized spacial score (nSPS) is 10.8. The Labute approximate surface area is 123 Å². The van der Waals surface area contributed by atoms with Gasteiger partial charge in [-0.15, -0.1) is 0 Å². The Kier molecular flexibility index (Phi) is 4.94. The smallest absolute Gasteiger partial charge is 0.332 e. The summed E-state index contributed by atoms with van der Waals surface area (Å²) in [6, 6.07) is 19.6. The Hall–Kier alpha value is -2.81. The predicted octanol–water partition coefficient (Wildman–Crippen LogP) is 3.73. The van der Waals surface area contributed by atoms with Gasteiger partial charge in [-0.2, -0.15) is 0 Å². The van der Waals surface area contributed by atoms with Crippen LogP contribution in [0, 0.1) is 0 Å². The molecule has 0 spiro atoms. The van der Waals surface area contributed by atoms with Crippen molar-refractivity contribution in [2.75, 3.05) is 7.11 Å². The van der Waals surface area contributed by atoms with Gasteiger partial charge in [-0.05, 0) is 22.8 Å². The highest BCUT2D eigenvalue weighted by atomic mass is 16.5. The van der Waals surface area contributed by atoms with Gasteiger partial charge in [0.15, 0.2) is 0 Å². The molecule has 2 aromatic carbocycles. The Morgan fingerprint density at radius 3 is 1.76 bits per heavy atom. The number of hydrogen-bond acceptors (Lipinski definition) is 2. The molecule has 0 aromatic heterocycles. The van der Waals surface area contributed by atoms with Crippen molar-refractivity contribution in [3.63, 3.8) is 0 Å². The molecule has 0 amide bonds. The van der Waals surface area contributed by atoms with Gasteiger partial charge in [0, 0.05) is 0 Å². The lowest BCUT2D eigenvalue weighted by Crippen LogP contribution is -1.95. The molecule has 3 nitrogen and oxygen atoms in total. The molecule has 0 saturated carbocycles. The molecule has 106 valence electrons. The summed E-state index contributed by atoms with van der Waals surface area (Å²) >= 11 is 0. The fourth-order valence-electron chi connectivity index (χ4n) is 1.99. The molecule has 0 aliphatic rings. The van der Waals surface area contributed by atoms with Crippen LogP contribution < -0.4 is 0 Å². The Balaban J connectivity index is 2.54. The van der Waals surface area contributed by atoms with Crippen LogP contribution in [0.3, 0.4) is 0 Å². The van der Waals surface area contributed by atoms with E-state index in [1.54, 1.807) is 6.08 Å². The van der Waals surface area contributed by atoms with Crippen LogP contribution in [0.5, 0.6) is 0 Å². The number of carbonyl (C=O) groups is 1. The van der Waals surface area contributed by atoms with E-state index in [1.807, 2.05) is 60.7 Å². The zero-order chi connectivity index (χ0) is 15.1. The summed E-state index contributed by atoms with van der Waals surface area (Å²) in [5, 5.41) is 8.88. The van der Waals surface area contributed by atoms with E-state index in [0.29, 0.717) is 5.76 Å². The summed E-state index contributed by atoms with van der Waals surface area (Å²) in [6.45, 7) is 0. The predicted molar refractivity (Wildman–Crippen MR) is 82.7 cm³/mol. The largest absolute Gasteiger partial charge is 0.496 e. The Morgan fingerprint density at radius 2 is 1.38 bits per heavy atom. The molecule has 0 bridgehead atoms. The second-order valence-corrected chi connectivity index (χ2v) is 4.38. The number of ether oxygens (including phenoxy) is 1. The second kappa shape index (κ2) is 7.10. The quantitative estimate of drug-likeness (QED) is 0.515. The summed E-state index contributed by atoms with van der Waals surface area (Å²) < 4.78 is 5.14. The molecule has 2 rings (SSSR count). The van der Waals surface area contributed by atoms with Crippen LogP contribution in [0.2, 0.25) is 0 Å². The molecule has 2 aromatic rings. The lowest BCUT2D eigenvalue weighted by Gasteiger charge is -2.10. The monoisotopic (exact) mass is 280 g/mol. The van der Waals surface area contributed by atoms with Crippen molar-refractivity contribution in [3.8, 4) is 0 Å². The number of rotatable bonds is 5. The van der Waals surface area contributed by atoms with E-state index in [1.165, 1.54) is 7.11 Å². The molecular weight excluding hydrogens is 264 g/mol. The Bertz CT molecular complexity index is 614. The van der Waals surface area contributed by atoms with E-state index >= 15 is 0 Å². The van der Waals surface area contributed by atoms with Crippen molar-refractivity contribution in [3.05, 3.63) is 89.7 Å². The van der Waals surface area contributed by atoms with Crippen LogP contribution >= 0.6 is 0 Å². The van der Waals surface area contributed by atoms with E-state index in [-0.39, 0.29) is 0 Å². The van der Waals surface area contributed by atoms with Gasteiger partial charge in [-0.25, -0.2) is 4.79 Å². The summed E-state index contributed by atoms with van der Waals surface area (Å²) in [7, 11) is 1.46. The first kappa shape index (κ1) is 14.6. The number of methoxy groups -OCH3 is 1. The van der Waals surface area contributed by atoms with E-state index in [2.05, 4.69) is 0 Å². The third-order valence-corrected chi connectivity index (χ3v) is 2.96. The van der Waals surface area contributed by atoms with E-state index in [9.17, 15) is 4.79 Å². The van der Waals surface area contributed by atoms with Gasteiger partial charge < -0.3 is 9.84 Å². The van der Waals surface area contributed by atoms with Crippen LogP contribution in [0.15, 0.2) is 78.6 Å². The molecule has 21 heavy (non-hydrogen) atoms. The summed E-state index contributed by atoms with van der Waals surface area (Å²) in [6.07, 6.45) is 2.78. The maximum atomic E-state index is 10.8. The van der Waals surface area contributed by atoms with Crippen molar-refractivity contribution < 1.29 is 14.6 Å².